The van der Waals surface area contributed by atoms with Crippen molar-refractivity contribution < 1.29 is 9.53 Å². The third kappa shape index (κ3) is 3.96. The smallest absolute Gasteiger partial charge is 0.209 e. The van der Waals surface area contributed by atoms with Crippen molar-refractivity contribution in [1.29, 1.82) is 0 Å². The summed E-state index contributed by atoms with van der Waals surface area (Å²) in [7, 11) is 1.87. The van der Waals surface area contributed by atoms with E-state index in [-0.39, 0.29) is 0 Å². The van der Waals surface area contributed by atoms with E-state index in [0.717, 1.165) is 32.1 Å². The number of carbonyl (C=O) groups is 1. The summed E-state index contributed by atoms with van der Waals surface area (Å²) in [6, 6.07) is 0. The van der Waals surface area contributed by atoms with E-state index in [4.69, 9.17) is 4.74 Å². The zero-order valence-electron chi connectivity index (χ0n) is 10.8. The molecule has 4 nitrogen and oxygen atoms in total. The molecule has 1 atom stereocenters. The van der Waals surface area contributed by atoms with Gasteiger partial charge in [0, 0.05) is 26.7 Å². The number of likely N-dealkylation sites (tertiary alicyclic amines) is 1. The predicted molar refractivity (Wildman–Crippen MR) is 66.8 cm³/mol. The first-order chi connectivity index (χ1) is 8.28. The Kier molecular flexibility index (Phi) is 4.80. The van der Waals surface area contributed by atoms with Crippen LogP contribution in [-0.2, 0) is 9.53 Å². The molecule has 0 aromatic carbocycles. The minimum absolute atomic E-state index is 0.696. The molecule has 1 amide bonds. The molecule has 0 aromatic rings. The molecular weight excluding hydrogens is 216 g/mol. The van der Waals surface area contributed by atoms with Gasteiger partial charge in [-0.05, 0) is 44.2 Å². The number of hydrogen-bond acceptors (Lipinski definition) is 3. The molecule has 1 unspecified atom stereocenters. The zero-order chi connectivity index (χ0) is 12.1. The Hall–Kier alpha value is -0.610. The van der Waals surface area contributed by atoms with E-state index in [1.54, 1.807) is 4.90 Å². The third-order valence-corrected chi connectivity index (χ3v) is 3.97. The molecule has 17 heavy (non-hydrogen) atoms. The van der Waals surface area contributed by atoms with Crippen molar-refractivity contribution in [3.8, 4) is 0 Å². The summed E-state index contributed by atoms with van der Waals surface area (Å²) in [5.41, 5.74) is 0. The van der Waals surface area contributed by atoms with Crippen LogP contribution in [0.3, 0.4) is 0 Å². The average molecular weight is 240 g/mol. The molecule has 2 fully saturated rings. The molecule has 2 saturated heterocycles. The van der Waals surface area contributed by atoms with Crippen molar-refractivity contribution in [2.45, 2.75) is 19.3 Å². The van der Waals surface area contributed by atoms with Gasteiger partial charge in [-0.15, -0.1) is 0 Å². The van der Waals surface area contributed by atoms with Gasteiger partial charge in [0.1, 0.15) is 0 Å². The fourth-order valence-electron chi connectivity index (χ4n) is 2.89. The molecule has 0 aliphatic carbocycles. The minimum Gasteiger partial charge on any atom is -0.381 e. The summed E-state index contributed by atoms with van der Waals surface area (Å²) in [4.78, 5) is 14.9. The SMILES string of the molecule is CN(C=O)CC1CCN(CC2CCOC2)CC1. The van der Waals surface area contributed by atoms with Gasteiger partial charge in [-0.2, -0.15) is 0 Å². The molecule has 98 valence electrons. The van der Waals surface area contributed by atoms with Gasteiger partial charge in [-0.1, -0.05) is 0 Å². The highest BCUT2D eigenvalue weighted by Gasteiger charge is 2.24. The molecule has 2 aliphatic heterocycles. The van der Waals surface area contributed by atoms with E-state index in [0.29, 0.717) is 5.92 Å². The molecule has 0 saturated carbocycles. The third-order valence-electron chi connectivity index (χ3n) is 3.97. The lowest BCUT2D eigenvalue weighted by atomic mass is 9.95. The van der Waals surface area contributed by atoms with Crippen LogP contribution in [0.25, 0.3) is 0 Å². The lowest BCUT2D eigenvalue weighted by Gasteiger charge is -2.34. The van der Waals surface area contributed by atoms with Crippen LogP contribution in [0.4, 0.5) is 0 Å². The van der Waals surface area contributed by atoms with Gasteiger partial charge in [-0.25, -0.2) is 0 Å². The van der Waals surface area contributed by atoms with E-state index in [9.17, 15) is 4.79 Å². The van der Waals surface area contributed by atoms with Crippen molar-refractivity contribution in [2.75, 3.05) is 46.4 Å². The normalized spacial score (nSPS) is 27.2. The molecule has 0 spiro atoms. The number of carbonyl (C=O) groups excluding carboxylic acids is 1. The molecule has 0 aromatic heterocycles. The summed E-state index contributed by atoms with van der Waals surface area (Å²) >= 11 is 0. The van der Waals surface area contributed by atoms with Crippen LogP contribution in [0.2, 0.25) is 0 Å². The number of piperidine rings is 1. The molecule has 0 radical (unpaired) electrons. The highest BCUT2D eigenvalue weighted by atomic mass is 16.5. The second-order valence-electron chi connectivity index (χ2n) is 5.52. The van der Waals surface area contributed by atoms with Gasteiger partial charge >= 0.3 is 0 Å². The van der Waals surface area contributed by atoms with Crippen LogP contribution in [-0.4, -0.2) is 62.7 Å². The summed E-state index contributed by atoms with van der Waals surface area (Å²) in [6.07, 6.45) is 4.62. The molecular formula is C13H24N2O2. The highest BCUT2D eigenvalue weighted by Crippen LogP contribution is 2.21. The largest absolute Gasteiger partial charge is 0.381 e. The quantitative estimate of drug-likeness (QED) is 0.667. The fraction of sp³-hybridized carbons (Fsp3) is 0.923. The van der Waals surface area contributed by atoms with Crippen LogP contribution in [0.5, 0.6) is 0 Å². The van der Waals surface area contributed by atoms with E-state index < -0.39 is 0 Å². The Morgan fingerprint density at radius 1 is 1.29 bits per heavy atom. The fourth-order valence-corrected chi connectivity index (χ4v) is 2.89. The lowest BCUT2D eigenvalue weighted by Crippen LogP contribution is -2.39. The summed E-state index contributed by atoms with van der Waals surface area (Å²) in [5.74, 6) is 1.45. The topological polar surface area (TPSA) is 32.8 Å². The van der Waals surface area contributed by atoms with Crippen LogP contribution in [0.15, 0.2) is 0 Å². The van der Waals surface area contributed by atoms with Crippen LogP contribution in [0, 0.1) is 11.8 Å². The van der Waals surface area contributed by atoms with Gasteiger partial charge < -0.3 is 14.5 Å². The second kappa shape index (κ2) is 6.36. The average Bonchev–Trinajstić information content (AvgIpc) is 2.84. The Morgan fingerprint density at radius 3 is 2.65 bits per heavy atom. The minimum atomic E-state index is 0.696. The van der Waals surface area contributed by atoms with Gasteiger partial charge in [0.2, 0.25) is 6.41 Å². The van der Waals surface area contributed by atoms with Gasteiger partial charge in [0.05, 0.1) is 6.61 Å². The standard InChI is InChI=1S/C13H24N2O2/c1-14(11-16)8-12-2-5-15(6-3-12)9-13-4-7-17-10-13/h11-13H,2-10H2,1H3. The maximum Gasteiger partial charge on any atom is 0.209 e. The number of hydrogen-bond donors (Lipinski definition) is 0. The number of amides is 1. The maximum atomic E-state index is 10.6. The van der Waals surface area contributed by atoms with Crippen molar-refractivity contribution in [2.24, 2.45) is 11.8 Å². The van der Waals surface area contributed by atoms with Crippen molar-refractivity contribution in [3.63, 3.8) is 0 Å². The Morgan fingerprint density at radius 2 is 2.06 bits per heavy atom. The van der Waals surface area contributed by atoms with Crippen molar-refractivity contribution >= 4 is 6.41 Å². The predicted octanol–water partition coefficient (Wildman–Crippen LogP) is 0.823. The number of nitrogens with zero attached hydrogens (tertiary/aromatic N) is 2. The van der Waals surface area contributed by atoms with Crippen LogP contribution in [0.1, 0.15) is 19.3 Å². The molecule has 2 heterocycles. The molecule has 4 heteroatoms. The van der Waals surface area contributed by atoms with E-state index in [1.807, 2.05) is 7.05 Å². The highest BCUT2D eigenvalue weighted by molar-refractivity contribution is 5.46. The maximum absolute atomic E-state index is 10.6. The molecule has 0 bridgehead atoms. The van der Waals surface area contributed by atoms with Gasteiger partial charge in [0.15, 0.2) is 0 Å². The summed E-state index contributed by atoms with van der Waals surface area (Å²) < 4.78 is 5.41. The van der Waals surface area contributed by atoms with Crippen LogP contribution >= 0.6 is 0 Å². The van der Waals surface area contributed by atoms with E-state index >= 15 is 0 Å². The summed E-state index contributed by atoms with van der Waals surface area (Å²) in [6.45, 7) is 6.40. The first kappa shape index (κ1) is 12.8. The van der Waals surface area contributed by atoms with Gasteiger partial charge in [0.25, 0.3) is 0 Å². The van der Waals surface area contributed by atoms with E-state index in [2.05, 4.69) is 4.90 Å². The Labute approximate surface area is 104 Å². The Balaban J connectivity index is 1.65. The molecule has 0 N–H and O–H groups in total. The van der Waals surface area contributed by atoms with Crippen molar-refractivity contribution in [1.82, 2.24) is 9.80 Å². The monoisotopic (exact) mass is 240 g/mol. The van der Waals surface area contributed by atoms with Gasteiger partial charge in [-0.3, -0.25) is 4.79 Å². The first-order valence-electron chi connectivity index (χ1n) is 6.73. The number of rotatable bonds is 5. The molecule has 2 aliphatic rings. The van der Waals surface area contributed by atoms with E-state index in [1.165, 1.54) is 38.9 Å². The first-order valence-corrected chi connectivity index (χ1v) is 6.73. The second-order valence-corrected chi connectivity index (χ2v) is 5.52. The zero-order valence-corrected chi connectivity index (χ0v) is 10.8. The lowest BCUT2D eigenvalue weighted by molar-refractivity contribution is -0.117. The molecule has 2 rings (SSSR count). The van der Waals surface area contributed by atoms with Crippen LogP contribution < -0.4 is 0 Å². The Bertz CT molecular complexity index is 234. The summed E-state index contributed by atoms with van der Waals surface area (Å²) in [5, 5.41) is 0. The van der Waals surface area contributed by atoms with Crippen molar-refractivity contribution in [3.05, 3.63) is 0 Å². The number of ether oxygens (including phenoxy) is 1.